The monoisotopic (exact) mass is 552 g/mol. The quantitative estimate of drug-likeness (QED) is 0.214. The fourth-order valence-electron chi connectivity index (χ4n) is 7.04. The molecule has 0 aliphatic carbocycles. The zero-order valence-electron chi connectivity index (χ0n) is 23.1. The smallest absolute Gasteiger partial charge is 0.303 e. The Bertz CT molecular complexity index is 2530. The summed E-state index contributed by atoms with van der Waals surface area (Å²) >= 11 is 0. The minimum Gasteiger partial charge on any atom is -0.425 e. The maximum Gasteiger partial charge on any atom is 0.303 e. The highest BCUT2D eigenvalue weighted by Gasteiger charge is 2.22. The molecule has 1 aliphatic rings. The van der Waals surface area contributed by atoms with Crippen LogP contribution in [0.2, 0.25) is 0 Å². The van der Waals surface area contributed by atoms with Crippen molar-refractivity contribution in [2.45, 2.75) is 6.54 Å². The van der Waals surface area contributed by atoms with Crippen LogP contribution in [0.3, 0.4) is 0 Å². The maximum atomic E-state index is 6.41. The number of imidazole rings is 1. The Morgan fingerprint density at radius 1 is 0.488 bits per heavy atom. The van der Waals surface area contributed by atoms with Gasteiger partial charge < -0.3 is 13.9 Å². The van der Waals surface area contributed by atoms with Crippen molar-refractivity contribution in [1.29, 1.82) is 0 Å². The summed E-state index contributed by atoms with van der Waals surface area (Å²) in [6.45, 7) is 0.737. The van der Waals surface area contributed by atoms with Gasteiger partial charge in [0.1, 0.15) is 5.75 Å². The molecule has 0 saturated carbocycles. The van der Waals surface area contributed by atoms with Gasteiger partial charge in [-0.1, -0.05) is 72.8 Å². The van der Waals surface area contributed by atoms with Gasteiger partial charge in [-0.3, -0.25) is 4.57 Å². The summed E-state index contributed by atoms with van der Waals surface area (Å²) in [5.41, 5.74) is 10.2. The normalized spacial score (nSPS) is 12.7. The molecule has 0 bridgehead atoms. The molecule has 9 aromatic rings. The fourth-order valence-corrected chi connectivity index (χ4v) is 7.04. The Kier molecular flexibility index (Phi) is 4.44. The van der Waals surface area contributed by atoms with Crippen LogP contribution in [0.1, 0.15) is 5.56 Å². The topological polar surface area (TPSA) is 36.9 Å². The lowest BCUT2D eigenvalue weighted by molar-refractivity contribution is 0.393. The van der Waals surface area contributed by atoms with Crippen LogP contribution < -0.4 is 4.74 Å². The van der Waals surface area contributed by atoms with E-state index >= 15 is 0 Å². The predicted octanol–water partition coefficient (Wildman–Crippen LogP) is 9.38. The van der Waals surface area contributed by atoms with Gasteiger partial charge in [0.25, 0.3) is 0 Å². The van der Waals surface area contributed by atoms with Crippen molar-refractivity contribution >= 4 is 54.6 Å². The lowest BCUT2D eigenvalue weighted by atomic mass is 10.1. The van der Waals surface area contributed by atoms with Crippen LogP contribution >= 0.6 is 0 Å². The highest BCUT2D eigenvalue weighted by Crippen LogP contribution is 2.40. The maximum absolute atomic E-state index is 6.41. The molecule has 3 aromatic heterocycles. The SMILES string of the molecule is c1ccc2c(c1)nc1n2Cc2ccc(-n3c4ccccc4c4cc(-n5c6ccccc6c6ccccc65)ccc43)cc2O1. The van der Waals surface area contributed by atoms with Crippen molar-refractivity contribution in [3.05, 3.63) is 139 Å². The Hall–Kier alpha value is -5.81. The molecule has 6 aromatic carbocycles. The number of para-hydroxylation sites is 5. The molecule has 0 saturated heterocycles. The van der Waals surface area contributed by atoms with Crippen molar-refractivity contribution in [2.24, 2.45) is 0 Å². The average molecular weight is 553 g/mol. The zero-order chi connectivity index (χ0) is 28.1. The molecular formula is C38H24N4O. The fraction of sp³-hybridized carbons (Fsp3) is 0.0263. The standard InChI is InChI=1S/C38H24N4O/c1-5-13-32-27(9-1)28-10-2-6-14-33(28)41(32)25-19-20-35-30(21-25)29-11-3-7-15-34(29)42(35)26-18-17-24-23-40-36-16-8-4-12-31(36)39-38(40)43-37(24)22-26/h1-22H,23H2. The van der Waals surface area contributed by atoms with Gasteiger partial charge in [0, 0.05) is 44.5 Å². The molecule has 0 radical (unpaired) electrons. The first-order chi connectivity index (χ1) is 21.3. The van der Waals surface area contributed by atoms with E-state index in [0.717, 1.165) is 45.8 Å². The van der Waals surface area contributed by atoms with Crippen molar-refractivity contribution in [2.75, 3.05) is 0 Å². The van der Waals surface area contributed by atoms with Crippen LogP contribution in [0.5, 0.6) is 11.8 Å². The Labute approximate surface area is 246 Å². The third-order valence-electron chi connectivity index (χ3n) is 8.95. The third-order valence-corrected chi connectivity index (χ3v) is 8.95. The summed E-state index contributed by atoms with van der Waals surface area (Å²) in [7, 11) is 0. The molecule has 43 heavy (non-hydrogen) atoms. The Morgan fingerprint density at radius 2 is 1.02 bits per heavy atom. The molecule has 4 heterocycles. The predicted molar refractivity (Wildman–Crippen MR) is 174 cm³/mol. The van der Waals surface area contributed by atoms with Crippen LogP contribution in [0.4, 0.5) is 0 Å². The van der Waals surface area contributed by atoms with Gasteiger partial charge in [-0.25, -0.2) is 0 Å². The van der Waals surface area contributed by atoms with E-state index < -0.39 is 0 Å². The van der Waals surface area contributed by atoms with Crippen LogP contribution in [0.15, 0.2) is 133 Å². The second-order valence-corrected chi connectivity index (χ2v) is 11.3. The molecule has 10 rings (SSSR count). The average Bonchev–Trinajstić information content (AvgIpc) is 3.70. The molecule has 5 heteroatoms. The van der Waals surface area contributed by atoms with E-state index in [0.29, 0.717) is 6.01 Å². The first-order valence-electron chi connectivity index (χ1n) is 14.6. The second-order valence-electron chi connectivity index (χ2n) is 11.3. The molecule has 0 N–H and O–H groups in total. The Balaban J connectivity index is 1.17. The van der Waals surface area contributed by atoms with E-state index in [1.54, 1.807) is 0 Å². The van der Waals surface area contributed by atoms with Crippen LogP contribution in [-0.4, -0.2) is 18.7 Å². The number of hydrogen-bond donors (Lipinski definition) is 0. The van der Waals surface area contributed by atoms with Gasteiger partial charge in [0.15, 0.2) is 0 Å². The highest BCUT2D eigenvalue weighted by atomic mass is 16.5. The summed E-state index contributed by atoms with van der Waals surface area (Å²) in [6.07, 6.45) is 0. The summed E-state index contributed by atoms with van der Waals surface area (Å²) in [6, 6.07) is 48.2. The molecular weight excluding hydrogens is 528 g/mol. The van der Waals surface area contributed by atoms with E-state index in [2.05, 4.69) is 129 Å². The lowest BCUT2D eigenvalue weighted by Gasteiger charge is -2.20. The van der Waals surface area contributed by atoms with Gasteiger partial charge in [0.2, 0.25) is 0 Å². The second kappa shape index (κ2) is 8.37. The summed E-state index contributed by atoms with van der Waals surface area (Å²) in [4.78, 5) is 4.75. The van der Waals surface area contributed by atoms with Crippen LogP contribution in [0, 0.1) is 0 Å². The number of fused-ring (bicyclic) bond motifs is 10. The molecule has 0 spiro atoms. The van der Waals surface area contributed by atoms with E-state index in [1.807, 2.05) is 18.2 Å². The van der Waals surface area contributed by atoms with Crippen molar-refractivity contribution < 1.29 is 4.74 Å². The van der Waals surface area contributed by atoms with E-state index in [9.17, 15) is 0 Å². The third kappa shape index (κ3) is 3.13. The number of nitrogens with zero attached hydrogens (tertiary/aromatic N) is 4. The van der Waals surface area contributed by atoms with E-state index in [4.69, 9.17) is 9.72 Å². The number of aromatic nitrogens is 4. The van der Waals surface area contributed by atoms with Crippen LogP contribution in [-0.2, 0) is 6.54 Å². The molecule has 5 nitrogen and oxygen atoms in total. The molecule has 0 amide bonds. The summed E-state index contributed by atoms with van der Waals surface area (Å²) in [5, 5.41) is 4.97. The molecule has 0 atom stereocenters. The highest BCUT2D eigenvalue weighted by molar-refractivity contribution is 6.12. The summed E-state index contributed by atoms with van der Waals surface area (Å²) < 4.78 is 13.3. The van der Waals surface area contributed by atoms with Crippen molar-refractivity contribution in [1.82, 2.24) is 18.7 Å². The minimum absolute atomic E-state index is 0.642. The van der Waals surface area contributed by atoms with E-state index in [1.165, 1.54) is 38.1 Å². The van der Waals surface area contributed by atoms with E-state index in [-0.39, 0.29) is 0 Å². The zero-order valence-corrected chi connectivity index (χ0v) is 23.1. The van der Waals surface area contributed by atoms with Gasteiger partial charge in [-0.05, 0) is 54.6 Å². The van der Waals surface area contributed by atoms with Crippen LogP contribution in [0.25, 0.3) is 66.0 Å². The lowest BCUT2D eigenvalue weighted by Crippen LogP contribution is -2.10. The van der Waals surface area contributed by atoms with Crippen molar-refractivity contribution in [3.63, 3.8) is 0 Å². The number of hydrogen-bond acceptors (Lipinski definition) is 2. The largest absolute Gasteiger partial charge is 0.425 e. The number of rotatable bonds is 2. The molecule has 1 aliphatic heterocycles. The van der Waals surface area contributed by atoms with Gasteiger partial charge in [-0.2, -0.15) is 4.98 Å². The van der Waals surface area contributed by atoms with Crippen molar-refractivity contribution in [3.8, 4) is 23.1 Å². The number of benzene rings is 6. The first kappa shape index (κ1) is 22.8. The molecule has 202 valence electrons. The van der Waals surface area contributed by atoms with Gasteiger partial charge in [-0.15, -0.1) is 0 Å². The molecule has 0 fully saturated rings. The Morgan fingerprint density at radius 3 is 1.72 bits per heavy atom. The van der Waals surface area contributed by atoms with Gasteiger partial charge in [0.05, 0.1) is 39.6 Å². The number of ether oxygens (including phenoxy) is 1. The molecule has 0 unspecified atom stereocenters. The first-order valence-corrected chi connectivity index (χ1v) is 14.6. The summed E-state index contributed by atoms with van der Waals surface area (Å²) in [5.74, 6) is 0.855. The van der Waals surface area contributed by atoms with Gasteiger partial charge >= 0.3 is 6.01 Å². The minimum atomic E-state index is 0.642.